The summed E-state index contributed by atoms with van der Waals surface area (Å²) in [5, 5.41) is 3.40. The monoisotopic (exact) mass is 139 g/mol. The van der Waals surface area contributed by atoms with Crippen molar-refractivity contribution in [2.24, 2.45) is 11.8 Å². The smallest absolute Gasteiger partial charge is 0.00693 e. The van der Waals surface area contributed by atoms with Crippen molar-refractivity contribution in [2.45, 2.75) is 38.1 Å². The fourth-order valence-corrected chi connectivity index (χ4v) is 2.74. The highest BCUT2D eigenvalue weighted by atomic mass is 14.9. The van der Waals surface area contributed by atoms with Crippen molar-refractivity contribution in [2.75, 3.05) is 7.05 Å². The van der Waals surface area contributed by atoms with E-state index in [1.54, 1.807) is 0 Å². The molecule has 3 atom stereocenters. The second kappa shape index (κ2) is 2.54. The number of hydrogen-bond donors (Lipinski definition) is 1. The third kappa shape index (κ3) is 1.07. The van der Waals surface area contributed by atoms with Gasteiger partial charge in [0.25, 0.3) is 0 Å². The molecule has 10 heavy (non-hydrogen) atoms. The Morgan fingerprint density at radius 2 is 1.60 bits per heavy atom. The molecule has 0 saturated heterocycles. The zero-order valence-corrected chi connectivity index (χ0v) is 6.77. The van der Waals surface area contributed by atoms with Crippen LogP contribution in [0.1, 0.15) is 32.1 Å². The molecule has 2 saturated carbocycles. The molecular weight excluding hydrogens is 122 g/mol. The summed E-state index contributed by atoms with van der Waals surface area (Å²) in [6, 6.07) is 0.853. The van der Waals surface area contributed by atoms with E-state index < -0.39 is 0 Å². The summed E-state index contributed by atoms with van der Waals surface area (Å²) in [5.74, 6) is 2.16. The summed E-state index contributed by atoms with van der Waals surface area (Å²) in [6.07, 6.45) is 7.48. The largest absolute Gasteiger partial charge is 0.317 e. The molecule has 0 amide bonds. The lowest BCUT2D eigenvalue weighted by molar-refractivity contribution is 0.292. The van der Waals surface area contributed by atoms with Crippen molar-refractivity contribution in [3.8, 4) is 0 Å². The Bertz CT molecular complexity index is 110. The van der Waals surface area contributed by atoms with Crippen molar-refractivity contribution < 1.29 is 0 Å². The highest BCUT2D eigenvalue weighted by Gasteiger charge is 2.32. The molecule has 0 heterocycles. The van der Waals surface area contributed by atoms with Gasteiger partial charge in [-0.15, -0.1) is 0 Å². The van der Waals surface area contributed by atoms with Crippen LogP contribution >= 0.6 is 0 Å². The van der Waals surface area contributed by atoms with Gasteiger partial charge >= 0.3 is 0 Å². The first kappa shape index (κ1) is 6.66. The van der Waals surface area contributed by atoms with Gasteiger partial charge in [-0.2, -0.15) is 0 Å². The van der Waals surface area contributed by atoms with Gasteiger partial charge in [-0.05, 0) is 38.1 Å². The molecule has 2 aliphatic carbocycles. The Morgan fingerprint density at radius 1 is 1.00 bits per heavy atom. The molecule has 0 aromatic rings. The maximum Gasteiger partial charge on any atom is 0.00693 e. The van der Waals surface area contributed by atoms with Gasteiger partial charge in [0, 0.05) is 6.04 Å². The highest BCUT2D eigenvalue weighted by molar-refractivity contribution is 4.87. The topological polar surface area (TPSA) is 12.0 Å². The molecule has 0 aliphatic heterocycles. The maximum absolute atomic E-state index is 3.40. The van der Waals surface area contributed by atoms with Crippen molar-refractivity contribution in [3.05, 3.63) is 0 Å². The van der Waals surface area contributed by atoms with Crippen LogP contribution in [0.4, 0.5) is 0 Å². The van der Waals surface area contributed by atoms with Gasteiger partial charge in [0.15, 0.2) is 0 Å². The van der Waals surface area contributed by atoms with E-state index in [2.05, 4.69) is 12.4 Å². The molecule has 2 rings (SSSR count). The molecule has 1 unspecified atom stereocenters. The van der Waals surface area contributed by atoms with Crippen LogP contribution in [0, 0.1) is 11.8 Å². The van der Waals surface area contributed by atoms with Gasteiger partial charge in [0.2, 0.25) is 0 Å². The van der Waals surface area contributed by atoms with Crippen molar-refractivity contribution in [3.63, 3.8) is 0 Å². The molecule has 0 aromatic heterocycles. The molecule has 1 N–H and O–H groups in total. The first-order valence-corrected chi connectivity index (χ1v) is 4.55. The third-order valence-corrected chi connectivity index (χ3v) is 3.29. The standard InChI is InChI=1S/C9H17N/c1-10-9-5-7-2-3-8(4-7)6-9/h7-10H,2-6H2,1H3/t7-,8+,9?. The summed E-state index contributed by atoms with van der Waals surface area (Å²) >= 11 is 0. The van der Waals surface area contributed by atoms with Gasteiger partial charge in [0.05, 0.1) is 0 Å². The first-order chi connectivity index (χ1) is 4.88. The average molecular weight is 139 g/mol. The first-order valence-electron chi connectivity index (χ1n) is 4.55. The fourth-order valence-electron chi connectivity index (χ4n) is 2.74. The van der Waals surface area contributed by atoms with Crippen LogP contribution in [0.2, 0.25) is 0 Å². The minimum atomic E-state index is 0.853. The quantitative estimate of drug-likeness (QED) is 0.584. The van der Waals surface area contributed by atoms with Crippen LogP contribution in [-0.2, 0) is 0 Å². The molecule has 0 aromatic carbocycles. The normalized spacial score (nSPS) is 45.9. The average Bonchev–Trinajstić information content (AvgIpc) is 2.30. The summed E-state index contributed by atoms with van der Waals surface area (Å²) in [5.41, 5.74) is 0. The summed E-state index contributed by atoms with van der Waals surface area (Å²) in [7, 11) is 2.11. The van der Waals surface area contributed by atoms with E-state index >= 15 is 0 Å². The summed E-state index contributed by atoms with van der Waals surface area (Å²) in [4.78, 5) is 0. The number of nitrogens with one attached hydrogen (secondary N) is 1. The minimum absolute atomic E-state index is 0.853. The molecule has 1 heteroatoms. The molecule has 2 aliphatic rings. The molecule has 2 bridgehead atoms. The Labute approximate surface area is 63.2 Å². The Balaban J connectivity index is 1.96. The van der Waals surface area contributed by atoms with Gasteiger partial charge in [-0.25, -0.2) is 0 Å². The van der Waals surface area contributed by atoms with E-state index in [4.69, 9.17) is 0 Å². The number of hydrogen-bond acceptors (Lipinski definition) is 1. The lowest BCUT2D eigenvalue weighted by Gasteiger charge is -2.26. The SMILES string of the molecule is CNC1C[C@H]2CC[C@@H](C1)C2. The van der Waals surface area contributed by atoms with E-state index in [0.717, 1.165) is 17.9 Å². The van der Waals surface area contributed by atoms with Crippen molar-refractivity contribution in [1.29, 1.82) is 0 Å². The van der Waals surface area contributed by atoms with Crippen molar-refractivity contribution in [1.82, 2.24) is 5.32 Å². The Kier molecular flexibility index (Phi) is 1.69. The van der Waals surface area contributed by atoms with Gasteiger partial charge in [-0.1, -0.05) is 12.8 Å². The minimum Gasteiger partial charge on any atom is -0.317 e. The van der Waals surface area contributed by atoms with E-state index in [-0.39, 0.29) is 0 Å². The van der Waals surface area contributed by atoms with E-state index in [0.29, 0.717) is 0 Å². The fraction of sp³-hybridized carbons (Fsp3) is 1.00. The van der Waals surface area contributed by atoms with E-state index in [9.17, 15) is 0 Å². The Hall–Kier alpha value is -0.0400. The van der Waals surface area contributed by atoms with Crippen LogP contribution in [0.3, 0.4) is 0 Å². The molecule has 2 fully saturated rings. The van der Waals surface area contributed by atoms with E-state index in [1.165, 1.54) is 32.1 Å². The zero-order chi connectivity index (χ0) is 6.97. The summed E-state index contributed by atoms with van der Waals surface area (Å²) < 4.78 is 0. The van der Waals surface area contributed by atoms with E-state index in [1.807, 2.05) is 0 Å². The molecular formula is C9H17N. The molecule has 0 radical (unpaired) electrons. The van der Waals surface area contributed by atoms with Gasteiger partial charge in [-0.3, -0.25) is 0 Å². The highest BCUT2D eigenvalue weighted by Crippen LogP contribution is 2.41. The summed E-state index contributed by atoms with van der Waals surface area (Å²) in [6.45, 7) is 0. The molecule has 0 spiro atoms. The lowest BCUT2D eigenvalue weighted by atomic mass is 9.86. The van der Waals surface area contributed by atoms with Crippen LogP contribution in [0.5, 0.6) is 0 Å². The molecule has 58 valence electrons. The number of rotatable bonds is 1. The Morgan fingerprint density at radius 3 is 2.10 bits per heavy atom. The van der Waals surface area contributed by atoms with Gasteiger partial charge < -0.3 is 5.32 Å². The van der Waals surface area contributed by atoms with Crippen LogP contribution in [-0.4, -0.2) is 13.1 Å². The second-order valence-corrected chi connectivity index (χ2v) is 4.00. The lowest BCUT2D eigenvalue weighted by Crippen LogP contribution is -2.31. The predicted octanol–water partition coefficient (Wildman–Crippen LogP) is 1.78. The van der Waals surface area contributed by atoms with Crippen molar-refractivity contribution >= 4 is 0 Å². The number of fused-ring (bicyclic) bond motifs is 2. The predicted molar refractivity (Wildman–Crippen MR) is 42.9 cm³/mol. The molecule has 1 nitrogen and oxygen atoms in total. The van der Waals surface area contributed by atoms with Crippen LogP contribution in [0.15, 0.2) is 0 Å². The zero-order valence-electron chi connectivity index (χ0n) is 6.77. The third-order valence-electron chi connectivity index (χ3n) is 3.29. The van der Waals surface area contributed by atoms with Crippen LogP contribution < -0.4 is 5.32 Å². The van der Waals surface area contributed by atoms with Gasteiger partial charge in [0.1, 0.15) is 0 Å². The maximum atomic E-state index is 3.40. The van der Waals surface area contributed by atoms with Crippen LogP contribution in [0.25, 0.3) is 0 Å². The second-order valence-electron chi connectivity index (χ2n) is 4.00.